The Balaban J connectivity index is 2.42. The van der Waals surface area contributed by atoms with E-state index in [1.54, 1.807) is 12.1 Å². The van der Waals surface area contributed by atoms with Crippen LogP contribution in [0.5, 0.6) is 11.5 Å². The van der Waals surface area contributed by atoms with E-state index in [1.165, 1.54) is 12.3 Å². The van der Waals surface area contributed by atoms with Gasteiger partial charge in [-0.1, -0.05) is 31.3 Å². The molecule has 0 bridgehead atoms. The smallest absolute Gasteiger partial charge is 0.335 e. The molecule has 5 nitrogen and oxygen atoms in total. The maximum atomic E-state index is 11.4. The zero-order chi connectivity index (χ0) is 15.5. The van der Waals surface area contributed by atoms with Crippen molar-refractivity contribution in [3.05, 3.63) is 23.8 Å². The normalized spacial score (nSPS) is 10.8. The largest absolute Gasteiger partial charge is 0.504 e. The number of phenols is 1. The minimum absolute atomic E-state index is 0.0712. The van der Waals surface area contributed by atoms with E-state index >= 15 is 0 Å². The van der Waals surface area contributed by atoms with Crippen molar-refractivity contribution in [3.63, 3.8) is 0 Å². The van der Waals surface area contributed by atoms with Gasteiger partial charge in [0.25, 0.3) is 0 Å². The highest BCUT2D eigenvalue weighted by Crippen LogP contribution is 2.26. The van der Waals surface area contributed by atoms with Crippen molar-refractivity contribution in [1.29, 1.82) is 0 Å². The molecule has 5 heteroatoms. The highest BCUT2D eigenvalue weighted by Gasteiger charge is 2.03. The van der Waals surface area contributed by atoms with Crippen molar-refractivity contribution in [2.75, 3.05) is 6.61 Å². The van der Waals surface area contributed by atoms with Crippen molar-refractivity contribution >= 4 is 12.2 Å². The molecule has 0 aliphatic rings. The average Bonchev–Trinajstić information content (AvgIpc) is 2.47. The number of ether oxygens (including phenoxy) is 1. The summed E-state index contributed by atoms with van der Waals surface area (Å²) in [5.41, 5.74) is 0.690. The first-order valence-corrected chi connectivity index (χ1v) is 7.36. The van der Waals surface area contributed by atoms with E-state index in [-0.39, 0.29) is 11.7 Å². The van der Waals surface area contributed by atoms with E-state index < -0.39 is 0 Å². The first-order chi connectivity index (χ1) is 10.2. The van der Waals surface area contributed by atoms with E-state index in [9.17, 15) is 9.90 Å². The molecule has 0 saturated carbocycles. The molecule has 0 saturated heterocycles. The number of aromatic hydroxyl groups is 1. The Bertz CT molecular complexity index is 471. The molecule has 1 aromatic carbocycles. The first kappa shape index (κ1) is 17.0. The maximum Gasteiger partial charge on any atom is 0.335 e. The molecule has 0 aromatic heterocycles. The summed E-state index contributed by atoms with van der Waals surface area (Å²) in [6.45, 7) is 4.41. The van der Waals surface area contributed by atoms with Gasteiger partial charge in [-0.05, 0) is 31.5 Å². The molecule has 0 spiro atoms. The number of hydrogen-bond acceptors (Lipinski definition) is 5. The minimum atomic E-state index is -0.328. The predicted molar refractivity (Wildman–Crippen MR) is 81.7 cm³/mol. The van der Waals surface area contributed by atoms with Crippen LogP contribution in [-0.4, -0.2) is 23.9 Å². The second kappa shape index (κ2) is 9.80. The Hall–Kier alpha value is -2.04. The third-order valence-electron chi connectivity index (χ3n) is 2.87. The monoisotopic (exact) mass is 293 g/mol. The molecule has 0 radical (unpaired) electrons. The lowest BCUT2D eigenvalue weighted by molar-refractivity contribution is -0.143. The number of hydrogen-bond donors (Lipinski definition) is 1. The van der Waals surface area contributed by atoms with Crippen molar-refractivity contribution in [2.45, 2.75) is 46.0 Å². The van der Waals surface area contributed by atoms with Gasteiger partial charge in [-0.3, -0.25) is 0 Å². The van der Waals surface area contributed by atoms with Crippen LogP contribution >= 0.6 is 0 Å². The molecule has 0 aliphatic heterocycles. The summed E-state index contributed by atoms with van der Waals surface area (Å²) < 4.78 is 5.26. The van der Waals surface area contributed by atoms with Gasteiger partial charge in [-0.15, -0.1) is 0 Å². The lowest BCUT2D eigenvalue weighted by atomic mass is 10.2. The van der Waals surface area contributed by atoms with Crippen LogP contribution < -0.4 is 4.74 Å². The number of unbranched alkanes of at least 4 members (excludes halogenated alkanes) is 3. The average molecular weight is 293 g/mol. The van der Waals surface area contributed by atoms with Gasteiger partial charge in [0.15, 0.2) is 11.5 Å². The van der Waals surface area contributed by atoms with Gasteiger partial charge in [0, 0.05) is 12.0 Å². The fourth-order valence-corrected chi connectivity index (χ4v) is 1.77. The van der Waals surface area contributed by atoms with E-state index in [2.05, 4.69) is 12.1 Å². The lowest BCUT2D eigenvalue weighted by Gasteiger charge is -2.05. The Morgan fingerprint density at radius 1 is 1.29 bits per heavy atom. The van der Waals surface area contributed by atoms with E-state index in [0.29, 0.717) is 24.3 Å². The van der Waals surface area contributed by atoms with Crippen LogP contribution in [0.2, 0.25) is 0 Å². The molecule has 0 fully saturated rings. The van der Waals surface area contributed by atoms with Crippen LogP contribution in [0.25, 0.3) is 0 Å². The van der Waals surface area contributed by atoms with Gasteiger partial charge in [0.05, 0.1) is 12.8 Å². The molecule has 0 heterocycles. The lowest BCUT2D eigenvalue weighted by Crippen LogP contribution is -2.00. The molecule has 0 unspecified atom stereocenters. The molecule has 0 aliphatic carbocycles. The van der Waals surface area contributed by atoms with Crippen LogP contribution in [0.1, 0.15) is 51.5 Å². The van der Waals surface area contributed by atoms with Crippen molar-refractivity contribution in [1.82, 2.24) is 0 Å². The first-order valence-electron chi connectivity index (χ1n) is 7.36. The van der Waals surface area contributed by atoms with Gasteiger partial charge in [-0.25, -0.2) is 4.79 Å². The molecule has 21 heavy (non-hydrogen) atoms. The number of nitrogens with zero attached hydrogens (tertiary/aromatic N) is 1. The van der Waals surface area contributed by atoms with Crippen LogP contribution in [0.3, 0.4) is 0 Å². The Morgan fingerprint density at radius 3 is 2.81 bits per heavy atom. The third kappa shape index (κ3) is 6.79. The summed E-state index contributed by atoms with van der Waals surface area (Å²) in [6.07, 6.45) is 5.93. The van der Waals surface area contributed by atoms with Crippen LogP contribution in [-0.2, 0) is 9.63 Å². The zero-order valence-corrected chi connectivity index (χ0v) is 12.7. The fourth-order valence-electron chi connectivity index (χ4n) is 1.77. The van der Waals surface area contributed by atoms with Gasteiger partial charge in [0.2, 0.25) is 0 Å². The Labute approximate surface area is 125 Å². The molecule has 0 atom stereocenters. The second-order valence-electron chi connectivity index (χ2n) is 4.67. The van der Waals surface area contributed by atoms with Crippen LogP contribution in [0.15, 0.2) is 23.4 Å². The van der Waals surface area contributed by atoms with Gasteiger partial charge in [0.1, 0.15) is 0 Å². The quantitative estimate of drug-likeness (QED) is 0.327. The summed E-state index contributed by atoms with van der Waals surface area (Å²) in [7, 11) is 0. The fraction of sp³-hybridized carbons (Fsp3) is 0.500. The molecule has 0 amide bonds. The van der Waals surface area contributed by atoms with Crippen molar-refractivity contribution < 1.29 is 19.5 Å². The van der Waals surface area contributed by atoms with Crippen LogP contribution in [0, 0.1) is 0 Å². The number of oxime groups is 1. The predicted octanol–water partition coefficient (Wildman–Crippen LogP) is 3.64. The topological polar surface area (TPSA) is 68.1 Å². The summed E-state index contributed by atoms with van der Waals surface area (Å²) in [6, 6.07) is 4.81. The third-order valence-corrected chi connectivity index (χ3v) is 2.87. The summed E-state index contributed by atoms with van der Waals surface area (Å²) in [4.78, 5) is 16.2. The zero-order valence-electron chi connectivity index (χ0n) is 12.7. The van der Waals surface area contributed by atoms with Crippen molar-refractivity contribution in [3.8, 4) is 11.5 Å². The molecule has 1 aromatic rings. The highest BCUT2D eigenvalue weighted by atomic mass is 16.7. The van der Waals surface area contributed by atoms with Gasteiger partial charge in [-0.2, -0.15) is 0 Å². The second-order valence-corrected chi connectivity index (χ2v) is 4.67. The molecule has 1 N–H and O–H groups in total. The highest BCUT2D eigenvalue weighted by molar-refractivity contribution is 5.81. The number of phenolic OH excluding ortho intramolecular Hbond substituents is 1. The van der Waals surface area contributed by atoms with E-state index in [0.717, 1.165) is 25.7 Å². The number of rotatable bonds is 9. The summed E-state index contributed by atoms with van der Waals surface area (Å²) in [5, 5.41) is 13.2. The summed E-state index contributed by atoms with van der Waals surface area (Å²) in [5.74, 6) is 0.125. The summed E-state index contributed by atoms with van der Waals surface area (Å²) >= 11 is 0. The van der Waals surface area contributed by atoms with E-state index in [4.69, 9.17) is 9.57 Å². The number of carbonyl (C=O) groups is 1. The standard InChI is InChI=1S/C16H23NO4/c1-3-5-6-7-8-16(19)21-17-12-13-9-10-14(18)15(11-13)20-4-2/h9-12,18H,3-8H2,1-2H3/b17-12+. The SMILES string of the molecule is CCCCCCC(=O)O/N=C/c1ccc(O)c(OCC)c1. The maximum absolute atomic E-state index is 11.4. The van der Waals surface area contributed by atoms with Crippen LogP contribution in [0.4, 0.5) is 0 Å². The molecule has 1 rings (SSSR count). The van der Waals surface area contributed by atoms with Gasteiger partial charge >= 0.3 is 5.97 Å². The van der Waals surface area contributed by atoms with Crippen molar-refractivity contribution in [2.24, 2.45) is 5.16 Å². The van der Waals surface area contributed by atoms with Gasteiger partial charge < -0.3 is 14.7 Å². The van der Waals surface area contributed by atoms with E-state index in [1.807, 2.05) is 6.92 Å². The number of benzene rings is 1. The molecular weight excluding hydrogens is 270 g/mol. The molecule has 116 valence electrons. The minimum Gasteiger partial charge on any atom is -0.504 e. The number of carbonyl (C=O) groups excluding carboxylic acids is 1. The Kier molecular flexibility index (Phi) is 7.94. The Morgan fingerprint density at radius 2 is 2.10 bits per heavy atom. The molecular formula is C16H23NO4.